The van der Waals surface area contributed by atoms with Crippen molar-refractivity contribution in [2.75, 3.05) is 7.11 Å². The van der Waals surface area contributed by atoms with E-state index in [1.165, 1.54) is 7.11 Å². The second-order valence-electron chi connectivity index (χ2n) is 8.40. The van der Waals surface area contributed by atoms with Crippen molar-refractivity contribution in [3.05, 3.63) is 59.3 Å². The highest BCUT2D eigenvalue weighted by molar-refractivity contribution is 5.69. The zero-order valence-electron chi connectivity index (χ0n) is 17.6. The molecular formula is C23H25F3N2O4. The van der Waals surface area contributed by atoms with Gasteiger partial charge in [-0.15, -0.1) is 0 Å². The molecule has 0 spiro atoms. The van der Waals surface area contributed by atoms with Crippen LogP contribution in [-0.2, 0) is 23.1 Å². The smallest absolute Gasteiger partial charge is 0.417 e. The molecule has 0 radical (unpaired) electrons. The van der Waals surface area contributed by atoms with Crippen molar-refractivity contribution >= 4 is 6.09 Å². The van der Waals surface area contributed by atoms with Crippen LogP contribution in [-0.4, -0.2) is 40.3 Å². The summed E-state index contributed by atoms with van der Waals surface area (Å²) in [6.45, 7) is 0.130. The summed E-state index contributed by atoms with van der Waals surface area (Å²) in [5.74, 6) is -0.0429. The molecule has 2 saturated heterocycles. The van der Waals surface area contributed by atoms with Crippen LogP contribution in [0.3, 0.4) is 0 Å². The molecule has 2 bridgehead atoms. The van der Waals surface area contributed by atoms with Gasteiger partial charge in [0.15, 0.2) is 0 Å². The number of pyridine rings is 1. The van der Waals surface area contributed by atoms with Crippen LogP contribution < -0.4 is 4.74 Å². The zero-order valence-corrected chi connectivity index (χ0v) is 17.6. The lowest BCUT2D eigenvalue weighted by molar-refractivity contribution is -0.138. The van der Waals surface area contributed by atoms with E-state index < -0.39 is 23.4 Å². The third-order valence-corrected chi connectivity index (χ3v) is 6.30. The number of amides is 1. The molecule has 1 aromatic heterocycles. The molecule has 2 aliphatic heterocycles. The Morgan fingerprint density at radius 1 is 1.22 bits per heavy atom. The highest BCUT2D eigenvalue weighted by atomic mass is 19.4. The molecule has 0 saturated carbocycles. The van der Waals surface area contributed by atoms with Crippen LogP contribution in [0.15, 0.2) is 42.6 Å². The Labute approximate surface area is 184 Å². The number of ether oxygens (including phenoxy) is 2. The van der Waals surface area contributed by atoms with E-state index in [0.29, 0.717) is 19.0 Å². The number of halogens is 3. The van der Waals surface area contributed by atoms with E-state index in [2.05, 4.69) is 4.98 Å². The average molecular weight is 450 g/mol. The number of methoxy groups -OCH3 is 1. The molecular weight excluding hydrogens is 425 g/mol. The first-order valence-electron chi connectivity index (χ1n) is 10.5. The molecule has 1 aromatic carbocycles. The van der Waals surface area contributed by atoms with E-state index in [1.54, 1.807) is 4.90 Å². The Morgan fingerprint density at radius 2 is 1.88 bits per heavy atom. The quantitative estimate of drug-likeness (QED) is 0.734. The van der Waals surface area contributed by atoms with Crippen molar-refractivity contribution in [2.24, 2.45) is 0 Å². The fourth-order valence-corrected chi connectivity index (χ4v) is 4.84. The van der Waals surface area contributed by atoms with Crippen LogP contribution in [0, 0.1) is 0 Å². The number of benzene rings is 1. The van der Waals surface area contributed by atoms with Crippen LogP contribution in [0.25, 0.3) is 0 Å². The summed E-state index contributed by atoms with van der Waals surface area (Å²) in [6, 6.07) is 9.50. The van der Waals surface area contributed by atoms with Crippen molar-refractivity contribution < 1.29 is 32.5 Å². The summed E-state index contributed by atoms with van der Waals surface area (Å²) in [4.78, 5) is 18.3. The predicted molar refractivity (Wildman–Crippen MR) is 109 cm³/mol. The maximum Gasteiger partial charge on any atom is 0.417 e. The number of aromatic nitrogens is 1. The van der Waals surface area contributed by atoms with Gasteiger partial charge in [-0.1, -0.05) is 30.3 Å². The number of piperidine rings is 2. The average Bonchev–Trinajstić information content (AvgIpc) is 2.76. The molecule has 2 fully saturated rings. The van der Waals surface area contributed by atoms with Gasteiger partial charge in [-0.3, -0.25) is 0 Å². The summed E-state index contributed by atoms with van der Waals surface area (Å²) < 4.78 is 50.5. The fraction of sp³-hybridized carbons (Fsp3) is 0.478. The van der Waals surface area contributed by atoms with E-state index in [-0.39, 0.29) is 43.0 Å². The van der Waals surface area contributed by atoms with Crippen LogP contribution in [0.5, 0.6) is 5.88 Å². The number of alkyl halides is 3. The standard InChI is InChI=1S/C23H25F3N2O4/c1-31-20-19(10-16(13-27-20)23(24,25)26)22(30)11-17-8-5-9-18(12-22)28(17)21(29)32-14-15-6-3-2-4-7-15/h2-4,6-7,10,13,17-18,30H,5,8-9,11-12,14H2,1H3. The number of hydrogen-bond acceptors (Lipinski definition) is 5. The minimum absolute atomic E-state index is 0.00373. The minimum Gasteiger partial charge on any atom is -0.481 e. The molecule has 9 heteroatoms. The Kier molecular flexibility index (Phi) is 6.03. The van der Waals surface area contributed by atoms with Crippen molar-refractivity contribution in [1.29, 1.82) is 0 Å². The second kappa shape index (κ2) is 8.61. The largest absolute Gasteiger partial charge is 0.481 e. The zero-order chi connectivity index (χ0) is 22.9. The van der Waals surface area contributed by atoms with E-state index in [1.807, 2.05) is 30.3 Å². The van der Waals surface area contributed by atoms with Gasteiger partial charge in [0.2, 0.25) is 5.88 Å². The SMILES string of the molecule is COc1ncc(C(F)(F)F)cc1C1(O)CC2CCCC(C1)N2C(=O)OCc1ccccc1. The predicted octanol–water partition coefficient (Wildman–Crippen LogP) is 4.65. The molecule has 2 atom stereocenters. The van der Waals surface area contributed by atoms with Gasteiger partial charge in [-0.25, -0.2) is 9.78 Å². The lowest BCUT2D eigenvalue weighted by atomic mass is 9.72. The van der Waals surface area contributed by atoms with Gasteiger partial charge in [-0.2, -0.15) is 13.2 Å². The normalized spacial score (nSPS) is 25.3. The highest BCUT2D eigenvalue weighted by Gasteiger charge is 2.50. The molecule has 172 valence electrons. The van der Waals surface area contributed by atoms with Crippen LogP contribution >= 0.6 is 0 Å². The van der Waals surface area contributed by atoms with Gasteiger partial charge in [0.05, 0.1) is 18.3 Å². The summed E-state index contributed by atoms with van der Waals surface area (Å²) in [5.41, 5.74) is -1.68. The van der Waals surface area contributed by atoms with E-state index in [9.17, 15) is 23.1 Å². The minimum atomic E-state index is -4.60. The van der Waals surface area contributed by atoms with Crippen molar-refractivity contribution in [3.8, 4) is 5.88 Å². The van der Waals surface area contributed by atoms with Gasteiger partial charge in [0.25, 0.3) is 0 Å². The summed E-state index contributed by atoms with van der Waals surface area (Å²) in [7, 11) is 1.30. The number of carbonyl (C=O) groups excluding carboxylic acids is 1. The van der Waals surface area contributed by atoms with Gasteiger partial charge >= 0.3 is 12.3 Å². The number of nitrogens with zero attached hydrogens (tertiary/aromatic N) is 2. The molecule has 1 N–H and O–H groups in total. The Bertz CT molecular complexity index is 953. The first-order chi connectivity index (χ1) is 15.2. The van der Waals surface area contributed by atoms with E-state index in [4.69, 9.17) is 9.47 Å². The Morgan fingerprint density at radius 3 is 2.47 bits per heavy atom. The number of hydrogen-bond donors (Lipinski definition) is 1. The molecule has 2 aliphatic rings. The number of carbonyl (C=O) groups is 1. The molecule has 2 aromatic rings. The Balaban J connectivity index is 1.57. The maximum atomic E-state index is 13.3. The van der Waals surface area contributed by atoms with Crippen LogP contribution in [0.1, 0.15) is 48.8 Å². The summed E-state index contributed by atoms with van der Waals surface area (Å²) in [6.07, 6.45) is -2.06. The fourth-order valence-electron chi connectivity index (χ4n) is 4.84. The lowest BCUT2D eigenvalue weighted by Gasteiger charge is -2.51. The van der Waals surface area contributed by atoms with Crippen molar-refractivity contribution in [3.63, 3.8) is 0 Å². The molecule has 2 unspecified atom stereocenters. The first-order valence-corrected chi connectivity index (χ1v) is 10.5. The molecule has 3 heterocycles. The molecule has 6 nitrogen and oxygen atoms in total. The highest BCUT2D eigenvalue weighted by Crippen LogP contribution is 2.47. The lowest BCUT2D eigenvalue weighted by Crippen LogP contribution is -2.59. The van der Waals surface area contributed by atoms with Gasteiger partial charge in [0, 0.05) is 36.7 Å². The van der Waals surface area contributed by atoms with E-state index in [0.717, 1.165) is 18.1 Å². The van der Waals surface area contributed by atoms with Crippen molar-refractivity contribution in [1.82, 2.24) is 9.88 Å². The van der Waals surface area contributed by atoms with Crippen LogP contribution in [0.4, 0.5) is 18.0 Å². The summed E-state index contributed by atoms with van der Waals surface area (Å²) in [5, 5.41) is 11.5. The maximum absolute atomic E-state index is 13.3. The second-order valence-corrected chi connectivity index (χ2v) is 8.40. The first kappa shape index (κ1) is 22.4. The van der Waals surface area contributed by atoms with Gasteiger partial charge in [-0.05, 0) is 30.9 Å². The third-order valence-electron chi connectivity index (χ3n) is 6.30. The van der Waals surface area contributed by atoms with Gasteiger partial charge in [0.1, 0.15) is 6.61 Å². The van der Waals surface area contributed by atoms with Crippen LogP contribution in [0.2, 0.25) is 0 Å². The molecule has 32 heavy (non-hydrogen) atoms. The Hall–Kier alpha value is -2.81. The van der Waals surface area contributed by atoms with E-state index >= 15 is 0 Å². The number of fused-ring (bicyclic) bond motifs is 2. The monoisotopic (exact) mass is 450 g/mol. The molecule has 1 amide bonds. The molecule has 4 rings (SSSR count). The third kappa shape index (κ3) is 4.39. The molecule has 0 aliphatic carbocycles. The van der Waals surface area contributed by atoms with Gasteiger partial charge < -0.3 is 19.5 Å². The summed E-state index contributed by atoms with van der Waals surface area (Å²) >= 11 is 0. The van der Waals surface area contributed by atoms with Crippen molar-refractivity contribution in [2.45, 2.75) is 62.6 Å². The number of aliphatic hydroxyl groups is 1. The number of rotatable bonds is 4. The topological polar surface area (TPSA) is 71.9 Å².